The molecular formula is C27H17FN2O4S2. The molecule has 0 saturated heterocycles. The van der Waals surface area contributed by atoms with Crippen LogP contribution in [0.4, 0.5) is 4.39 Å². The zero-order chi connectivity index (χ0) is 24.6. The quantitative estimate of drug-likeness (QED) is 0.158. The van der Waals surface area contributed by atoms with Gasteiger partial charge < -0.3 is 9.47 Å². The highest BCUT2D eigenvalue weighted by atomic mass is 32.2. The van der Waals surface area contributed by atoms with E-state index in [1.807, 2.05) is 35.7 Å². The molecule has 0 atom stereocenters. The number of aromatic nitrogens is 2. The van der Waals surface area contributed by atoms with Crippen LogP contribution in [0.5, 0.6) is 11.5 Å². The SMILES string of the molecule is O=C(CSc1nc2scc(-c3ccc(F)cc3)c2c(=O)n1-c1ccccc1)c1ccc2c(c1)OCO2. The van der Waals surface area contributed by atoms with Crippen LogP contribution in [0.25, 0.3) is 27.0 Å². The fraction of sp³-hybridized carbons (Fsp3) is 0.0741. The molecule has 1 aliphatic rings. The second-order valence-electron chi connectivity index (χ2n) is 7.99. The average molecular weight is 517 g/mol. The maximum atomic E-state index is 13.8. The van der Waals surface area contributed by atoms with E-state index in [9.17, 15) is 14.0 Å². The van der Waals surface area contributed by atoms with Crippen molar-refractivity contribution in [1.29, 1.82) is 0 Å². The normalized spacial score (nSPS) is 12.2. The third-order valence-corrected chi connectivity index (χ3v) is 7.58. The standard InChI is InChI=1S/C27H17FN2O4S2/c28-18-9-6-16(7-10-18)20-13-35-25-24(20)26(32)30(19-4-2-1-3-5-19)27(29-25)36-14-21(31)17-8-11-22-23(12-17)34-15-33-22/h1-13H,14-15H2. The Morgan fingerprint density at radius 1 is 1.03 bits per heavy atom. The lowest BCUT2D eigenvalue weighted by atomic mass is 10.1. The Bertz CT molecular complexity index is 1660. The minimum Gasteiger partial charge on any atom is -0.454 e. The molecule has 0 saturated carbocycles. The van der Waals surface area contributed by atoms with Crippen LogP contribution in [-0.4, -0.2) is 27.9 Å². The van der Waals surface area contributed by atoms with Gasteiger partial charge in [-0.15, -0.1) is 11.3 Å². The number of thioether (sulfide) groups is 1. The van der Waals surface area contributed by atoms with Gasteiger partial charge in [-0.2, -0.15) is 0 Å². The Morgan fingerprint density at radius 2 is 1.81 bits per heavy atom. The van der Waals surface area contributed by atoms with Crippen LogP contribution in [0.15, 0.2) is 88.1 Å². The van der Waals surface area contributed by atoms with Crippen LogP contribution in [0.2, 0.25) is 0 Å². The third-order valence-electron chi connectivity index (χ3n) is 5.77. The van der Waals surface area contributed by atoms with Gasteiger partial charge in [0.2, 0.25) is 6.79 Å². The van der Waals surface area contributed by atoms with E-state index in [4.69, 9.17) is 14.5 Å². The second-order valence-corrected chi connectivity index (χ2v) is 9.79. The molecule has 178 valence electrons. The van der Waals surface area contributed by atoms with Crippen molar-refractivity contribution in [2.75, 3.05) is 12.5 Å². The molecule has 0 unspecified atom stereocenters. The summed E-state index contributed by atoms with van der Waals surface area (Å²) in [6.45, 7) is 0.135. The van der Waals surface area contributed by atoms with E-state index in [2.05, 4.69) is 0 Å². The van der Waals surface area contributed by atoms with E-state index in [-0.39, 0.29) is 29.7 Å². The lowest BCUT2D eigenvalue weighted by Crippen LogP contribution is -2.22. The van der Waals surface area contributed by atoms with Crippen LogP contribution in [0.1, 0.15) is 10.4 Å². The highest BCUT2D eigenvalue weighted by Crippen LogP contribution is 2.35. The first kappa shape index (κ1) is 22.5. The number of ketones is 1. The minimum absolute atomic E-state index is 0.0839. The average Bonchev–Trinajstić information content (AvgIpc) is 3.55. The molecule has 2 aromatic heterocycles. The summed E-state index contributed by atoms with van der Waals surface area (Å²) in [6, 6.07) is 20.3. The Kier molecular flexibility index (Phi) is 5.79. The number of carbonyl (C=O) groups excluding carboxylic acids is 1. The van der Waals surface area contributed by atoms with Gasteiger partial charge in [0.15, 0.2) is 22.4 Å². The zero-order valence-corrected chi connectivity index (χ0v) is 20.3. The summed E-state index contributed by atoms with van der Waals surface area (Å²) >= 11 is 2.54. The molecule has 0 bridgehead atoms. The molecule has 0 N–H and O–H groups in total. The molecule has 0 aliphatic carbocycles. The summed E-state index contributed by atoms with van der Waals surface area (Å²) in [6.07, 6.45) is 0. The molecule has 0 fully saturated rings. The number of benzene rings is 3. The van der Waals surface area contributed by atoms with Gasteiger partial charge in [0.05, 0.1) is 16.8 Å². The Morgan fingerprint density at radius 3 is 2.61 bits per heavy atom. The van der Waals surface area contributed by atoms with E-state index in [1.54, 1.807) is 30.3 Å². The molecule has 3 aromatic carbocycles. The highest BCUT2D eigenvalue weighted by Gasteiger charge is 2.21. The van der Waals surface area contributed by atoms with E-state index in [0.29, 0.717) is 43.7 Å². The minimum atomic E-state index is -0.344. The lowest BCUT2D eigenvalue weighted by molar-refractivity contribution is 0.102. The molecule has 6 rings (SSSR count). The third kappa shape index (κ3) is 4.06. The summed E-state index contributed by atoms with van der Waals surface area (Å²) in [5.41, 5.74) is 2.33. The molecular weight excluding hydrogens is 499 g/mol. The van der Waals surface area contributed by atoms with E-state index >= 15 is 0 Å². The summed E-state index contributed by atoms with van der Waals surface area (Å²) in [5.74, 6) is 0.771. The molecule has 9 heteroatoms. The van der Waals surface area contributed by atoms with E-state index < -0.39 is 0 Å². The predicted octanol–water partition coefficient (Wildman–Crippen LogP) is 5.96. The Labute approximate surface area is 213 Å². The number of hydrogen-bond donors (Lipinski definition) is 0. The Hall–Kier alpha value is -3.95. The number of halogens is 1. The van der Waals surface area contributed by atoms with Crippen molar-refractivity contribution >= 4 is 39.1 Å². The van der Waals surface area contributed by atoms with Crippen molar-refractivity contribution < 1.29 is 18.7 Å². The Balaban J connectivity index is 1.40. The number of carbonyl (C=O) groups is 1. The highest BCUT2D eigenvalue weighted by molar-refractivity contribution is 7.99. The van der Waals surface area contributed by atoms with Crippen molar-refractivity contribution in [1.82, 2.24) is 9.55 Å². The van der Waals surface area contributed by atoms with Crippen molar-refractivity contribution in [3.8, 4) is 28.3 Å². The van der Waals surface area contributed by atoms with Gasteiger partial charge in [-0.25, -0.2) is 9.37 Å². The number of thiophene rings is 1. The van der Waals surface area contributed by atoms with Crippen molar-refractivity contribution in [2.45, 2.75) is 5.16 Å². The monoisotopic (exact) mass is 516 g/mol. The molecule has 5 aromatic rings. The number of fused-ring (bicyclic) bond motifs is 2. The molecule has 0 radical (unpaired) electrons. The summed E-state index contributed by atoms with van der Waals surface area (Å²) in [4.78, 5) is 32.1. The first-order valence-electron chi connectivity index (χ1n) is 11.0. The van der Waals surface area contributed by atoms with Crippen molar-refractivity contribution in [3.05, 3.63) is 99.9 Å². The van der Waals surface area contributed by atoms with Crippen LogP contribution in [0.3, 0.4) is 0 Å². The van der Waals surface area contributed by atoms with Gasteiger partial charge >= 0.3 is 0 Å². The zero-order valence-electron chi connectivity index (χ0n) is 18.6. The van der Waals surface area contributed by atoms with Gasteiger partial charge in [0, 0.05) is 16.5 Å². The van der Waals surface area contributed by atoms with Gasteiger partial charge in [-0.3, -0.25) is 14.2 Å². The molecule has 3 heterocycles. The summed E-state index contributed by atoms with van der Waals surface area (Å²) < 4.78 is 25.7. The van der Waals surface area contributed by atoms with Gasteiger partial charge in [0.25, 0.3) is 5.56 Å². The second kappa shape index (κ2) is 9.25. The van der Waals surface area contributed by atoms with Crippen LogP contribution in [0, 0.1) is 5.82 Å². The molecule has 0 spiro atoms. The number of ether oxygens (including phenoxy) is 2. The number of nitrogens with zero attached hydrogens (tertiary/aromatic N) is 2. The number of Topliss-reactive ketones (excluding diaryl/α,β-unsaturated/α-hetero) is 1. The van der Waals surface area contributed by atoms with Crippen LogP contribution in [-0.2, 0) is 0 Å². The molecule has 0 amide bonds. The number of rotatable bonds is 6. The largest absolute Gasteiger partial charge is 0.454 e. The predicted molar refractivity (Wildman–Crippen MR) is 138 cm³/mol. The topological polar surface area (TPSA) is 70.4 Å². The maximum absolute atomic E-state index is 13.8. The van der Waals surface area contributed by atoms with Crippen molar-refractivity contribution in [3.63, 3.8) is 0 Å². The summed E-state index contributed by atoms with van der Waals surface area (Å²) in [5, 5.41) is 2.73. The first-order chi connectivity index (χ1) is 17.6. The molecule has 1 aliphatic heterocycles. The number of hydrogen-bond acceptors (Lipinski definition) is 7. The van der Waals surface area contributed by atoms with Gasteiger partial charge in [0.1, 0.15) is 10.6 Å². The van der Waals surface area contributed by atoms with Gasteiger partial charge in [-0.05, 0) is 48.0 Å². The lowest BCUT2D eigenvalue weighted by Gasteiger charge is -2.12. The van der Waals surface area contributed by atoms with Crippen molar-refractivity contribution in [2.24, 2.45) is 0 Å². The van der Waals surface area contributed by atoms with Gasteiger partial charge in [-0.1, -0.05) is 42.1 Å². The fourth-order valence-corrected chi connectivity index (χ4v) is 5.89. The van der Waals surface area contributed by atoms with Crippen LogP contribution >= 0.6 is 23.1 Å². The maximum Gasteiger partial charge on any atom is 0.268 e. The number of para-hydroxylation sites is 1. The summed E-state index contributed by atoms with van der Waals surface area (Å²) in [7, 11) is 0. The molecule has 36 heavy (non-hydrogen) atoms. The van der Waals surface area contributed by atoms with E-state index in [1.165, 1.54) is 39.8 Å². The molecule has 6 nitrogen and oxygen atoms in total. The smallest absolute Gasteiger partial charge is 0.268 e. The van der Waals surface area contributed by atoms with E-state index in [0.717, 1.165) is 5.56 Å². The van der Waals surface area contributed by atoms with Crippen LogP contribution < -0.4 is 15.0 Å². The fourth-order valence-electron chi connectivity index (χ4n) is 4.00. The first-order valence-corrected chi connectivity index (χ1v) is 12.9.